The van der Waals surface area contributed by atoms with Crippen molar-refractivity contribution >= 4 is 29.4 Å². The Balaban J connectivity index is 1.85. The summed E-state index contributed by atoms with van der Waals surface area (Å²) in [5.41, 5.74) is 0.565. The number of carbonyl (C=O) groups is 3. The Bertz CT molecular complexity index is 629. The van der Waals surface area contributed by atoms with E-state index < -0.39 is 12.0 Å². The van der Waals surface area contributed by atoms with Gasteiger partial charge in [0, 0.05) is 23.9 Å². The van der Waals surface area contributed by atoms with Gasteiger partial charge in [-0.05, 0) is 24.5 Å². The molecule has 2 rings (SSSR count). The highest BCUT2D eigenvalue weighted by Crippen LogP contribution is 2.25. The minimum absolute atomic E-state index is 0.00140. The lowest BCUT2D eigenvalue weighted by Gasteiger charge is -2.19. The molecular formula is C18H23ClN2O4. The fraction of sp³-hybridized carbons (Fsp3) is 0.500. The Morgan fingerprint density at radius 1 is 1.20 bits per heavy atom. The van der Waals surface area contributed by atoms with Gasteiger partial charge in [0.15, 0.2) is 0 Å². The first kappa shape index (κ1) is 19.2. The quantitative estimate of drug-likeness (QED) is 0.659. The maximum absolute atomic E-state index is 12.1. The molecule has 1 fully saturated rings. The molecule has 6 nitrogen and oxygen atoms in total. The van der Waals surface area contributed by atoms with Crippen LogP contribution in [0.2, 0.25) is 5.02 Å². The molecule has 0 saturated heterocycles. The van der Waals surface area contributed by atoms with Gasteiger partial charge in [0.2, 0.25) is 11.8 Å². The highest BCUT2D eigenvalue weighted by atomic mass is 35.5. The van der Waals surface area contributed by atoms with E-state index in [-0.39, 0.29) is 37.1 Å². The van der Waals surface area contributed by atoms with E-state index in [1.165, 1.54) is 0 Å². The number of hydrogen-bond acceptors (Lipinski definition) is 3. The largest absolute Gasteiger partial charge is 0.481 e. The van der Waals surface area contributed by atoms with Crippen molar-refractivity contribution in [2.45, 2.75) is 44.6 Å². The van der Waals surface area contributed by atoms with Crippen LogP contribution in [0.5, 0.6) is 0 Å². The molecule has 1 unspecified atom stereocenters. The molecule has 0 aliphatic heterocycles. The lowest BCUT2D eigenvalue weighted by atomic mass is 10.0. The third kappa shape index (κ3) is 6.05. The van der Waals surface area contributed by atoms with Crippen molar-refractivity contribution in [3.63, 3.8) is 0 Å². The highest BCUT2D eigenvalue weighted by Gasteiger charge is 2.23. The van der Waals surface area contributed by atoms with Crippen molar-refractivity contribution in [1.29, 1.82) is 0 Å². The molecule has 1 atom stereocenters. The summed E-state index contributed by atoms with van der Waals surface area (Å²) >= 11 is 6.10. The van der Waals surface area contributed by atoms with E-state index in [0.29, 0.717) is 10.6 Å². The lowest BCUT2D eigenvalue weighted by Crippen LogP contribution is -2.35. The summed E-state index contributed by atoms with van der Waals surface area (Å²) in [7, 11) is 0. The maximum atomic E-state index is 12.1. The van der Waals surface area contributed by atoms with E-state index in [2.05, 4.69) is 10.6 Å². The monoisotopic (exact) mass is 366 g/mol. The summed E-state index contributed by atoms with van der Waals surface area (Å²) in [6.45, 7) is 0.240. The second kappa shape index (κ2) is 9.42. The first-order valence-corrected chi connectivity index (χ1v) is 8.88. The van der Waals surface area contributed by atoms with Crippen LogP contribution in [0.15, 0.2) is 24.3 Å². The minimum atomic E-state index is -1.03. The van der Waals surface area contributed by atoms with E-state index in [1.54, 1.807) is 24.3 Å². The molecule has 0 radical (unpaired) electrons. The second-order valence-corrected chi connectivity index (χ2v) is 6.67. The number of nitrogens with one attached hydrogen (secondary N) is 2. The zero-order valence-electron chi connectivity index (χ0n) is 14.0. The number of carboxylic acid groups (broad SMARTS) is 1. The molecule has 7 heteroatoms. The third-order valence-corrected chi connectivity index (χ3v) is 4.72. The first-order chi connectivity index (χ1) is 12.0. The third-order valence-electron chi connectivity index (χ3n) is 4.37. The summed E-state index contributed by atoms with van der Waals surface area (Å²) in [6, 6.07) is 6.12. The summed E-state index contributed by atoms with van der Waals surface area (Å²) in [6.07, 6.45) is 3.81. The normalized spacial score (nSPS) is 15.6. The molecule has 0 heterocycles. The molecule has 136 valence electrons. The van der Waals surface area contributed by atoms with E-state index in [1.807, 2.05) is 0 Å². The zero-order valence-corrected chi connectivity index (χ0v) is 14.7. The molecule has 0 spiro atoms. The van der Waals surface area contributed by atoms with E-state index in [0.717, 1.165) is 25.7 Å². The van der Waals surface area contributed by atoms with Crippen molar-refractivity contribution in [1.82, 2.24) is 10.6 Å². The topological polar surface area (TPSA) is 95.5 Å². The summed E-state index contributed by atoms with van der Waals surface area (Å²) in [4.78, 5) is 35.1. The zero-order chi connectivity index (χ0) is 18.2. The van der Waals surface area contributed by atoms with E-state index in [9.17, 15) is 14.4 Å². The van der Waals surface area contributed by atoms with Crippen LogP contribution in [-0.2, 0) is 14.4 Å². The number of benzene rings is 1. The van der Waals surface area contributed by atoms with Gasteiger partial charge < -0.3 is 15.7 Å². The molecule has 3 N–H and O–H groups in total. The first-order valence-electron chi connectivity index (χ1n) is 8.50. The van der Waals surface area contributed by atoms with E-state index >= 15 is 0 Å². The number of carboxylic acids is 1. The van der Waals surface area contributed by atoms with Gasteiger partial charge in [-0.15, -0.1) is 0 Å². The van der Waals surface area contributed by atoms with Gasteiger partial charge in [-0.2, -0.15) is 0 Å². The van der Waals surface area contributed by atoms with Crippen molar-refractivity contribution in [2.75, 3.05) is 6.54 Å². The Kier molecular flexibility index (Phi) is 7.25. The Labute approximate surface area is 151 Å². The number of rotatable bonds is 8. The molecular weight excluding hydrogens is 344 g/mol. The van der Waals surface area contributed by atoms with Gasteiger partial charge in [0.05, 0.1) is 12.5 Å². The average Bonchev–Trinajstić information content (AvgIpc) is 3.08. The molecule has 1 aromatic carbocycles. The molecule has 0 aromatic heterocycles. The molecule has 2 amide bonds. The highest BCUT2D eigenvalue weighted by molar-refractivity contribution is 6.31. The smallest absolute Gasteiger partial charge is 0.305 e. The molecule has 1 saturated carbocycles. The summed E-state index contributed by atoms with van der Waals surface area (Å²) < 4.78 is 0. The van der Waals surface area contributed by atoms with Crippen LogP contribution in [0.25, 0.3) is 0 Å². The van der Waals surface area contributed by atoms with Crippen LogP contribution in [-0.4, -0.2) is 29.4 Å². The Hall–Kier alpha value is -2.08. The number of amides is 2. The van der Waals surface area contributed by atoms with Crippen molar-refractivity contribution in [2.24, 2.45) is 5.92 Å². The van der Waals surface area contributed by atoms with Crippen LogP contribution >= 0.6 is 11.6 Å². The number of aliphatic carboxylic acids is 1. The molecule has 1 aliphatic rings. The number of halogens is 1. The predicted octanol–water partition coefficient (Wildman–Crippen LogP) is 2.67. The second-order valence-electron chi connectivity index (χ2n) is 6.26. The van der Waals surface area contributed by atoms with Crippen LogP contribution in [0, 0.1) is 5.92 Å². The van der Waals surface area contributed by atoms with E-state index in [4.69, 9.17) is 16.7 Å². The molecule has 1 aromatic rings. The molecule has 1 aliphatic carbocycles. The maximum Gasteiger partial charge on any atom is 0.305 e. The van der Waals surface area contributed by atoms with Gasteiger partial charge in [-0.1, -0.05) is 42.6 Å². The Morgan fingerprint density at radius 3 is 2.52 bits per heavy atom. The van der Waals surface area contributed by atoms with Gasteiger partial charge in [-0.25, -0.2) is 0 Å². The van der Waals surface area contributed by atoms with Crippen molar-refractivity contribution in [3.05, 3.63) is 34.9 Å². The van der Waals surface area contributed by atoms with Crippen LogP contribution in [0.4, 0.5) is 0 Å². The number of carbonyl (C=O) groups excluding carboxylic acids is 2. The van der Waals surface area contributed by atoms with Gasteiger partial charge >= 0.3 is 5.97 Å². The van der Waals surface area contributed by atoms with Crippen LogP contribution in [0.1, 0.15) is 50.1 Å². The fourth-order valence-electron chi connectivity index (χ4n) is 3.07. The summed E-state index contributed by atoms with van der Waals surface area (Å²) in [5.74, 6) is -1.29. The SMILES string of the molecule is O=C(O)CC(NC(=O)CCNC(=O)C1CCCC1)c1ccccc1Cl. The predicted molar refractivity (Wildman–Crippen MR) is 94.2 cm³/mol. The Morgan fingerprint density at radius 2 is 1.88 bits per heavy atom. The minimum Gasteiger partial charge on any atom is -0.481 e. The average molecular weight is 367 g/mol. The fourth-order valence-corrected chi connectivity index (χ4v) is 3.34. The molecule has 25 heavy (non-hydrogen) atoms. The number of hydrogen-bond donors (Lipinski definition) is 3. The van der Waals surface area contributed by atoms with Gasteiger partial charge in [-0.3, -0.25) is 14.4 Å². The standard InChI is InChI=1S/C18H23ClN2O4/c19-14-8-4-3-7-13(14)15(11-17(23)24)21-16(22)9-10-20-18(25)12-5-1-2-6-12/h3-4,7-8,12,15H,1-2,5-6,9-11H2,(H,20,25)(H,21,22)(H,23,24). The van der Waals surface area contributed by atoms with Gasteiger partial charge in [0.1, 0.15) is 0 Å². The van der Waals surface area contributed by atoms with Crippen LogP contribution < -0.4 is 10.6 Å². The summed E-state index contributed by atoms with van der Waals surface area (Å²) in [5, 5.41) is 14.9. The van der Waals surface area contributed by atoms with Crippen molar-refractivity contribution in [3.8, 4) is 0 Å². The van der Waals surface area contributed by atoms with Crippen LogP contribution in [0.3, 0.4) is 0 Å². The molecule has 0 bridgehead atoms. The van der Waals surface area contributed by atoms with Gasteiger partial charge in [0.25, 0.3) is 0 Å². The van der Waals surface area contributed by atoms with Crippen molar-refractivity contribution < 1.29 is 19.5 Å². The lowest BCUT2D eigenvalue weighted by molar-refractivity contribution is -0.137.